The molecule has 0 aromatic carbocycles. The molecule has 4 rings (SSSR count). The lowest BCUT2D eigenvalue weighted by molar-refractivity contribution is -0.134. The maximum absolute atomic E-state index is 13.3. The number of fused-ring (bicyclic) bond motifs is 5. The van der Waals surface area contributed by atoms with Crippen LogP contribution in [0.5, 0.6) is 0 Å². The van der Waals surface area contributed by atoms with E-state index in [9.17, 15) is 15.0 Å². The van der Waals surface area contributed by atoms with E-state index in [1.807, 2.05) is 33.8 Å². The first-order chi connectivity index (χ1) is 14.0. The van der Waals surface area contributed by atoms with Gasteiger partial charge in [0, 0.05) is 5.92 Å². The molecule has 2 N–H and O–H groups in total. The number of hydrogen-bond donors (Lipinski definition) is 2. The number of carbonyl (C=O) groups is 1. The maximum atomic E-state index is 13.3. The number of carbonyl (C=O) groups excluding carboxylic acids is 1. The SMILES string of the molecule is CC.CC(C)(O)CCCC1CCC2C3C(=O)C=C4CC(O)CCC4(C)C3CCC12C. The summed E-state index contributed by atoms with van der Waals surface area (Å²) in [5, 5.41) is 20.2. The molecular weight excluding hydrogens is 372 g/mol. The molecule has 0 saturated heterocycles. The van der Waals surface area contributed by atoms with Gasteiger partial charge in [-0.15, -0.1) is 0 Å². The third-order valence-electron chi connectivity index (χ3n) is 9.46. The lowest BCUT2D eigenvalue weighted by atomic mass is 9.47. The van der Waals surface area contributed by atoms with E-state index in [4.69, 9.17) is 0 Å². The van der Waals surface area contributed by atoms with Crippen LogP contribution in [0.1, 0.15) is 106 Å². The Morgan fingerprint density at radius 1 is 1.07 bits per heavy atom. The molecule has 0 amide bonds. The zero-order chi connectivity index (χ0) is 22.3. The Kier molecular flexibility index (Phi) is 6.95. The van der Waals surface area contributed by atoms with E-state index in [-0.39, 0.29) is 22.9 Å². The average molecular weight is 419 g/mol. The minimum absolute atomic E-state index is 0.123. The van der Waals surface area contributed by atoms with Crippen LogP contribution in [0, 0.1) is 34.5 Å². The third kappa shape index (κ3) is 4.18. The Morgan fingerprint density at radius 2 is 1.77 bits per heavy atom. The van der Waals surface area contributed by atoms with Crippen LogP contribution < -0.4 is 0 Å². The number of aliphatic hydroxyl groups excluding tert-OH is 1. The van der Waals surface area contributed by atoms with Crippen LogP contribution in [0.25, 0.3) is 0 Å². The Hall–Kier alpha value is -0.670. The van der Waals surface area contributed by atoms with Gasteiger partial charge >= 0.3 is 0 Å². The van der Waals surface area contributed by atoms with Gasteiger partial charge in [-0.25, -0.2) is 0 Å². The van der Waals surface area contributed by atoms with Gasteiger partial charge in [0.05, 0.1) is 11.7 Å². The number of allylic oxidation sites excluding steroid dienone is 1. The summed E-state index contributed by atoms with van der Waals surface area (Å²) >= 11 is 0. The van der Waals surface area contributed by atoms with Crippen LogP contribution >= 0.6 is 0 Å². The Balaban J connectivity index is 0.00000124. The van der Waals surface area contributed by atoms with Crippen molar-refractivity contribution in [2.75, 3.05) is 0 Å². The van der Waals surface area contributed by atoms with Gasteiger partial charge in [0.25, 0.3) is 0 Å². The highest BCUT2D eigenvalue weighted by Gasteiger charge is 2.60. The van der Waals surface area contributed by atoms with Gasteiger partial charge in [0.15, 0.2) is 5.78 Å². The summed E-state index contributed by atoms with van der Waals surface area (Å²) in [6, 6.07) is 0. The van der Waals surface area contributed by atoms with E-state index >= 15 is 0 Å². The summed E-state index contributed by atoms with van der Waals surface area (Å²) in [6.45, 7) is 12.7. The monoisotopic (exact) mass is 418 g/mol. The average Bonchev–Trinajstić information content (AvgIpc) is 3.00. The highest BCUT2D eigenvalue weighted by molar-refractivity contribution is 5.94. The molecule has 172 valence electrons. The highest BCUT2D eigenvalue weighted by atomic mass is 16.3. The number of ketones is 1. The van der Waals surface area contributed by atoms with Crippen molar-refractivity contribution < 1.29 is 15.0 Å². The normalized spacial score (nSPS) is 43.0. The molecule has 0 aromatic rings. The Labute approximate surface area is 184 Å². The summed E-state index contributed by atoms with van der Waals surface area (Å²) in [4.78, 5) is 13.3. The van der Waals surface area contributed by atoms with Crippen molar-refractivity contribution in [2.24, 2.45) is 34.5 Å². The molecule has 0 heterocycles. The van der Waals surface area contributed by atoms with Gasteiger partial charge < -0.3 is 10.2 Å². The summed E-state index contributed by atoms with van der Waals surface area (Å²) in [7, 11) is 0. The van der Waals surface area contributed by atoms with E-state index < -0.39 is 5.60 Å². The quantitative estimate of drug-likeness (QED) is 0.582. The van der Waals surface area contributed by atoms with E-state index in [1.165, 1.54) is 31.3 Å². The molecule has 0 bridgehead atoms. The third-order valence-corrected chi connectivity index (χ3v) is 9.46. The molecule has 0 aliphatic heterocycles. The number of hydrogen-bond acceptors (Lipinski definition) is 3. The molecule has 30 heavy (non-hydrogen) atoms. The predicted octanol–water partition coefficient (Wildman–Crippen LogP) is 6.07. The molecule has 0 spiro atoms. The van der Waals surface area contributed by atoms with Crippen molar-refractivity contribution in [3.05, 3.63) is 11.6 Å². The molecule has 3 fully saturated rings. The topological polar surface area (TPSA) is 57.5 Å². The largest absolute Gasteiger partial charge is 0.393 e. The van der Waals surface area contributed by atoms with E-state index in [2.05, 4.69) is 13.8 Å². The smallest absolute Gasteiger partial charge is 0.159 e. The van der Waals surface area contributed by atoms with Gasteiger partial charge in [-0.1, -0.05) is 39.7 Å². The summed E-state index contributed by atoms with van der Waals surface area (Å²) in [5.41, 5.74) is 1.07. The molecular formula is C27H46O3. The first kappa shape index (κ1) is 24.0. The first-order valence-electron chi connectivity index (χ1n) is 12.7. The lowest BCUT2D eigenvalue weighted by Crippen LogP contribution is -2.53. The second kappa shape index (κ2) is 8.70. The van der Waals surface area contributed by atoms with E-state index in [1.54, 1.807) is 0 Å². The number of rotatable bonds is 4. The van der Waals surface area contributed by atoms with Crippen LogP contribution in [-0.4, -0.2) is 27.7 Å². The molecule has 3 nitrogen and oxygen atoms in total. The predicted molar refractivity (Wildman–Crippen MR) is 123 cm³/mol. The molecule has 7 atom stereocenters. The van der Waals surface area contributed by atoms with Crippen LogP contribution in [-0.2, 0) is 4.79 Å². The second-order valence-electron chi connectivity index (χ2n) is 11.6. The van der Waals surface area contributed by atoms with Gasteiger partial charge in [0.2, 0.25) is 0 Å². The maximum Gasteiger partial charge on any atom is 0.159 e. The van der Waals surface area contributed by atoms with Crippen LogP contribution in [0.3, 0.4) is 0 Å². The Bertz CT molecular complexity index is 660. The van der Waals surface area contributed by atoms with Gasteiger partial charge in [0.1, 0.15) is 0 Å². The van der Waals surface area contributed by atoms with Crippen LogP contribution in [0.2, 0.25) is 0 Å². The van der Waals surface area contributed by atoms with Crippen LogP contribution in [0.15, 0.2) is 11.6 Å². The molecule has 0 aromatic heterocycles. The standard InChI is InChI=1S/C25H40O3.C2H6/c1-23(2,28)11-5-6-16-7-8-19-22-20(10-13-24(16,19)3)25(4)12-9-18(26)14-17(25)15-21(22)27;1-2/h15-16,18-20,22,26,28H,5-14H2,1-4H3;1-2H3. The summed E-state index contributed by atoms with van der Waals surface area (Å²) < 4.78 is 0. The van der Waals surface area contributed by atoms with Crippen molar-refractivity contribution in [1.82, 2.24) is 0 Å². The first-order valence-corrected chi connectivity index (χ1v) is 12.7. The molecule has 3 heteroatoms. The molecule has 0 radical (unpaired) electrons. The lowest BCUT2D eigenvalue weighted by Gasteiger charge is -2.57. The van der Waals surface area contributed by atoms with Gasteiger partial charge in [-0.2, -0.15) is 0 Å². The molecule has 3 saturated carbocycles. The fraction of sp³-hybridized carbons (Fsp3) is 0.889. The fourth-order valence-electron chi connectivity index (χ4n) is 7.75. The van der Waals surface area contributed by atoms with Gasteiger partial charge in [-0.3, -0.25) is 4.79 Å². The molecule has 4 aliphatic carbocycles. The zero-order valence-electron chi connectivity index (χ0n) is 20.3. The summed E-state index contributed by atoms with van der Waals surface area (Å²) in [6.07, 6.45) is 12.3. The number of aliphatic hydroxyl groups is 2. The van der Waals surface area contributed by atoms with Crippen molar-refractivity contribution in [2.45, 2.75) is 117 Å². The van der Waals surface area contributed by atoms with Crippen molar-refractivity contribution >= 4 is 5.78 Å². The molecule has 7 unspecified atom stereocenters. The van der Waals surface area contributed by atoms with Crippen LogP contribution in [0.4, 0.5) is 0 Å². The second-order valence-corrected chi connectivity index (χ2v) is 11.6. The van der Waals surface area contributed by atoms with Crippen molar-refractivity contribution in [3.8, 4) is 0 Å². The van der Waals surface area contributed by atoms with Crippen molar-refractivity contribution in [3.63, 3.8) is 0 Å². The summed E-state index contributed by atoms with van der Waals surface area (Å²) in [5.74, 6) is 2.25. The fourth-order valence-corrected chi connectivity index (χ4v) is 7.75. The molecule has 4 aliphatic rings. The van der Waals surface area contributed by atoms with Crippen molar-refractivity contribution in [1.29, 1.82) is 0 Å². The zero-order valence-corrected chi connectivity index (χ0v) is 20.3. The Morgan fingerprint density at radius 3 is 2.43 bits per heavy atom. The minimum Gasteiger partial charge on any atom is -0.393 e. The van der Waals surface area contributed by atoms with E-state index in [0.29, 0.717) is 30.0 Å². The highest BCUT2D eigenvalue weighted by Crippen LogP contribution is 2.66. The minimum atomic E-state index is -0.572. The van der Waals surface area contributed by atoms with E-state index in [0.717, 1.165) is 32.1 Å². The van der Waals surface area contributed by atoms with Gasteiger partial charge in [-0.05, 0) is 106 Å².